The van der Waals surface area contributed by atoms with Gasteiger partial charge < -0.3 is 14.6 Å². The van der Waals surface area contributed by atoms with Crippen molar-refractivity contribution in [2.75, 3.05) is 26.4 Å². The predicted molar refractivity (Wildman–Crippen MR) is 43.6 cm³/mol. The first-order chi connectivity index (χ1) is 5.27. The van der Waals surface area contributed by atoms with Crippen molar-refractivity contribution in [3.8, 4) is 0 Å². The second kappa shape index (κ2) is 7.98. The first-order valence-electron chi connectivity index (χ1n) is 4.07. The summed E-state index contributed by atoms with van der Waals surface area (Å²) in [4.78, 5) is 0. The topological polar surface area (TPSA) is 38.7 Å². The van der Waals surface area contributed by atoms with Gasteiger partial charge >= 0.3 is 0 Å². The summed E-state index contributed by atoms with van der Waals surface area (Å²) in [5.41, 5.74) is 0. The average molecular weight is 162 g/mol. The molecule has 0 aliphatic carbocycles. The lowest BCUT2D eigenvalue weighted by atomic mass is 10.4. The molecule has 0 saturated carbocycles. The maximum absolute atomic E-state index is 8.35. The molecule has 0 atom stereocenters. The molecule has 11 heavy (non-hydrogen) atoms. The van der Waals surface area contributed by atoms with Crippen LogP contribution in [-0.4, -0.2) is 37.6 Å². The van der Waals surface area contributed by atoms with Gasteiger partial charge in [-0.05, 0) is 20.3 Å². The van der Waals surface area contributed by atoms with E-state index in [2.05, 4.69) is 0 Å². The number of aliphatic hydroxyl groups excluding tert-OH is 1. The molecule has 0 heterocycles. The highest BCUT2D eigenvalue weighted by atomic mass is 16.5. The molecular formula is C8H18O3. The molecule has 3 nitrogen and oxygen atoms in total. The van der Waals surface area contributed by atoms with Gasteiger partial charge in [-0.3, -0.25) is 0 Å². The molecule has 0 amide bonds. The van der Waals surface area contributed by atoms with E-state index in [1.165, 1.54) is 0 Å². The normalized spacial score (nSPS) is 10.9. The molecule has 0 aromatic rings. The molecule has 1 N–H and O–H groups in total. The van der Waals surface area contributed by atoms with E-state index in [1.807, 2.05) is 13.8 Å². The predicted octanol–water partition coefficient (Wildman–Crippen LogP) is 0.810. The largest absolute Gasteiger partial charge is 0.394 e. The van der Waals surface area contributed by atoms with Crippen molar-refractivity contribution in [2.24, 2.45) is 0 Å². The van der Waals surface area contributed by atoms with Gasteiger partial charge in [0.15, 0.2) is 0 Å². The monoisotopic (exact) mass is 162 g/mol. The highest BCUT2D eigenvalue weighted by molar-refractivity contribution is 4.38. The number of hydrogen-bond acceptors (Lipinski definition) is 3. The molecule has 0 spiro atoms. The Labute approximate surface area is 68.3 Å². The van der Waals surface area contributed by atoms with E-state index in [0.29, 0.717) is 19.3 Å². The van der Waals surface area contributed by atoms with Crippen LogP contribution in [0.25, 0.3) is 0 Å². The van der Waals surface area contributed by atoms with Crippen LogP contribution in [0.2, 0.25) is 0 Å². The molecule has 0 saturated heterocycles. The van der Waals surface area contributed by atoms with Gasteiger partial charge in [-0.25, -0.2) is 0 Å². The lowest BCUT2D eigenvalue weighted by molar-refractivity contribution is 0.0424. The van der Waals surface area contributed by atoms with Crippen molar-refractivity contribution in [2.45, 2.75) is 26.4 Å². The zero-order valence-corrected chi connectivity index (χ0v) is 7.38. The Balaban J connectivity index is 2.80. The van der Waals surface area contributed by atoms with Gasteiger partial charge in [0.25, 0.3) is 0 Å². The number of rotatable bonds is 7. The fraction of sp³-hybridized carbons (Fsp3) is 1.00. The molecule has 3 heteroatoms. The summed E-state index contributed by atoms with van der Waals surface area (Å²) in [6.45, 7) is 5.96. The van der Waals surface area contributed by atoms with Crippen molar-refractivity contribution in [1.82, 2.24) is 0 Å². The third kappa shape index (κ3) is 9.88. The van der Waals surface area contributed by atoms with Crippen LogP contribution in [0.5, 0.6) is 0 Å². The van der Waals surface area contributed by atoms with E-state index in [0.717, 1.165) is 13.0 Å². The summed E-state index contributed by atoms with van der Waals surface area (Å²) < 4.78 is 10.3. The molecule has 0 bridgehead atoms. The van der Waals surface area contributed by atoms with Gasteiger partial charge in [0.1, 0.15) is 0 Å². The van der Waals surface area contributed by atoms with E-state index in [9.17, 15) is 0 Å². The SMILES string of the molecule is CC(C)OCCCOCCO. The Morgan fingerprint density at radius 2 is 1.91 bits per heavy atom. The summed E-state index contributed by atoms with van der Waals surface area (Å²) in [6, 6.07) is 0. The Morgan fingerprint density at radius 1 is 1.18 bits per heavy atom. The molecule has 0 aromatic heterocycles. The summed E-state index contributed by atoms with van der Waals surface area (Å²) in [5.74, 6) is 0. The molecule has 0 aliphatic heterocycles. The van der Waals surface area contributed by atoms with Gasteiger partial charge in [-0.1, -0.05) is 0 Å². The first-order valence-corrected chi connectivity index (χ1v) is 4.07. The van der Waals surface area contributed by atoms with Crippen molar-refractivity contribution in [3.63, 3.8) is 0 Å². The molecule has 0 radical (unpaired) electrons. The zero-order valence-electron chi connectivity index (χ0n) is 7.38. The fourth-order valence-corrected chi connectivity index (χ4v) is 0.647. The van der Waals surface area contributed by atoms with Crippen molar-refractivity contribution < 1.29 is 14.6 Å². The van der Waals surface area contributed by atoms with Crippen LogP contribution < -0.4 is 0 Å². The summed E-state index contributed by atoms with van der Waals surface area (Å²) >= 11 is 0. The number of hydrogen-bond donors (Lipinski definition) is 1. The third-order valence-electron chi connectivity index (χ3n) is 1.12. The molecule has 0 aromatic carbocycles. The van der Waals surface area contributed by atoms with Gasteiger partial charge in [0.2, 0.25) is 0 Å². The maximum Gasteiger partial charge on any atom is 0.0697 e. The van der Waals surface area contributed by atoms with Gasteiger partial charge in [0.05, 0.1) is 19.3 Å². The Kier molecular flexibility index (Phi) is 7.89. The molecule has 0 aliphatic rings. The molecule has 68 valence electrons. The number of ether oxygens (including phenoxy) is 2. The smallest absolute Gasteiger partial charge is 0.0697 e. The second-order valence-electron chi connectivity index (χ2n) is 2.61. The average Bonchev–Trinajstić information content (AvgIpc) is 1.96. The van der Waals surface area contributed by atoms with E-state index in [-0.39, 0.29) is 6.61 Å². The molecule has 0 unspecified atom stereocenters. The second-order valence-corrected chi connectivity index (χ2v) is 2.61. The maximum atomic E-state index is 8.35. The van der Waals surface area contributed by atoms with Crippen molar-refractivity contribution >= 4 is 0 Å². The van der Waals surface area contributed by atoms with Crippen LogP contribution in [0.3, 0.4) is 0 Å². The molecule has 0 fully saturated rings. The van der Waals surface area contributed by atoms with E-state index < -0.39 is 0 Å². The van der Waals surface area contributed by atoms with Crippen LogP contribution in [0, 0.1) is 0 Å². The van der Waals surface area contributed by atoms with Crippen LogP contribution in [0.1, 0.15) is 20.3 Å². The summed E-state index contributed by atoms with van der Waals surface area (Å²) in [5, 5.41) is 8.35. The van der Waals surface area contributed by atoms with Crippen LogP contribution >= 0.6 is 0 Å². The van der Waals surface area contributed by atoms with E-state index >= 15 is 0 Å². The zero-order chi connectivity index (χ0) is 8.53. The van der Waals surface area contributed by atoms with Crippen LogP contribution in [0.4, 0.5) is 0 Å². The fourth-order valence-electron chi connectivity index (χ4n) is 0.647. The molecular weight excluding hydrogens is 144 g/mol. The van der Waals surface area contributed by atoms with Gasteiger partial charge in [-0.15, -0.1) is 0 Å². The first kappa shape index (κ1) is 10.9. The highest BCUT2D eigenvalue weighted by Crippen LogP contribution is 1.90. The quantitative estimate of drug-likeness (QED) is 0.563. The van der Waals surface area contributed by atoms with E-state index in [1.54, 1.807) is 0 Å². The minimum Gasteiger partial charge on any atom is -0.394 e. The highest BCUT2D eigenvalue weighted by Gasteiger charge is 1.92. The Bertz CT molecular complexity index is 73.7. The lowest BCUT2D eigenvalue weighted by Crippen LogP contribution is -2.07. The Morgan fingerprint density at radius 3 is 2.45 bits per heavy atom. The summed E-state index contributed by atoms with van der Waals surface area (Å²) in [7, 11) is 0. The number of aliphatic hydroxyl groups is 1. The van der Waals surface area contributed by atoms with Gasteiger partial charge in [-0.2, -0.15) is 0 Å². The minimum atomic E-state index is 0.102. The third-order valence-corrected chi connectivity index (χ3v) is 1.12. The van der Waals surface area contributed by atoms with Crippen LogP contribution in [0.15, 0.2) is 0 Å². The molecule has 0 rings (SSSR count). The van der Waals surface area contributed by atoms with Crippen LogP contribution in [-0.2, 0) is 9.47 Å². The standard InChI is InChI=1S/C8H18O3/c1-8(2)11-6-3-5-10-7-4-9/h8-9H,3-7H2,1-2H3. The Hall–Kier alpha value is -0.120. The van der Waals surface area contributed by atoms with Crippen molar-refractivity contribution in [3.05, 3.63) is 0 Å². The van der Waals surface area contributed by atoms with Gasteiger partial charge in [0, 0.05) is 13.2 Å². The minimum absolute atomic E-state index is 0.102. The van der Waals surface area contributed by atoms with E-state index in [4.69, 9.17) is 14.6 Å². The lowest BCUT2D eigenvalue weighted by Gasteiger charge is -2.06. The summed E-state index contributed by atoms with van der Waals surface area (Å²) in [6.07, 6.45) is 1.20. The van der Waals surface area contributed by atoms with Crippen molar-refractivity contribution in [1.29, 1.82) is 0 Å².